The SMILES string of the molecule is CC/C=C/C=NCCC. The van der Waals surface area contributed by atoms with Gasteiger partial charge in [-0.05, 0) is 18.9 Å². The topological polar surface area (TPSA) is 12.4 Å². The molecule has 1 heteroatoms. The van der Waals surface area contributed by atoms with Crippen molar-refractivity contribution < 1.29 is 0 Å². The first-order valence-corrected chi connectivity index (χ1v) is 3.56. The Hall–Kier alpha value is -0.590. The standard InChI is InChI=1S/C8H15N/c1-3-5-6-8-9-7-4-2/h5-6,8H,3-4,7H2,1-2H3/b6-5+,9-8?. The molecule has 0 N–H and O–H groups in total. The monoisotopic (exact) mass is 125 g/mol. The predicted octanol–water partition coefficient (Wildman–Crippen LogP) is 2.43. The quantitative estimate of drug-likeness (QED) is 0.512. The minimum absolute atomic E-state index is 0.952. The average molecular weight is 125 g/mol. The van der Waals surface area contributed by atoms with Crippen LogP contribution in [0.1, 0.15) is 26.7 Å². The maximum absolute atomic E-state index is 4.12. The van der Waals surface area contributed by atoms with Crippen molar-refractivity contribution in [1.29, 1.82) is 0 Å². The molecule has 0 heterocycles. The van der Waals surface area contributed by atoms with Crippen LogP contribution in [-0.4, -0.2) is 12.8 Å². The van der Waals surface area contributed by atoms with Gasteiger partial charge >= 0.3 is 0 Å². The largest absolute Gasteiger partial charge is 0.293 e. The van der Waals surface area contributed by atoms with Crippen LogP contribution in [-0.2, 0) is 0 Å². The van der Waals surface area contributed by atoms with Gasteiger partial charge in [0, 0.05) is 12.8 Å². The Morgan fingerprint density at radius 2 is 2.11 bits per heavy atom. The first-order valence-electron chi connectivity index (χ1n) is 3.56. The molecule has 0 aliphatic carbocycles. The third kappa shape index (κ3) is 7.41. The van der Waals surface area contributed by atoms with E-state index in [9.17, 15) is 0 Å². The van der Waals surface area contributed by atoms with Crippen molar-refractivity contribution in [1.82, 2.24) is 0 Å². The van der Waals surface area contributed by atoms with E-state index < -0.39 is 0 Å². The lowest BCUT2D eigenvalue weighted by Crippen LogP contribution is -1.73. The highest BCUT2D eigenvalue weighted by Crippen LogP contribution is 1.78. The number of aliphatic imine (C=N–C) groups is 1. The van der Waals surface area contributed by atoms with Gasteiger partial charge in [-0.1, -0.05) is 19.9 Å². The molecule has 0 saturated heterocycles. The lowest BCUT2D eigenvalue weighted by atomic mass is 10.4. The summed E-state index contributed by atoms with van der Waals surface area (Å²) in [4.78, 5) is 4.12. The molecule has 0 fully saturated rings. The molecule has 0 radical (unpaired) electrons. The van der Waals surface area contributed by atoms with Crippen LogP contribution in [0, 0.1) is 0 Å². The van der Waals surface area contributed by atoms with Gasteiger partial charge < -0.3 is 0 Å². The van der Waals surface area contributed by atoms with Crippen LogP contribution in [0.25, 0.3) is 0 Å². The fourth-order valence-corrected chi connectivity index (χ4v) is 0.461. The van der Waals surface area contributed by atoms with Gasteiger partial charge in [-0.15, -0.1) is 0 Å². The number of nitrogens with zero attached hydrogens (tertiary/aromatic N) is 1. The Labute approximate surface area is 57.5 Å². The highest BCUT2D eigenvalue weighted by Gasteiger charge is 1.68. The predicted molar refractivity (Wildman–Crippen MR) is 43.1 cm³/mol. The van der Waals surface area contributed by atoms with Crippen molar-refractivity contribution in [2.75, 3.05) is 6.54 Å². The number of allylic oxidation sites excluding steroid dienone is 2. The van der Waals surface area contributed by atoms with Crippen LogP contribution in [0.4, 0.5) is 0 Å². The third-order valence-corrected chi connectivity index (χ3v) is 0.916. The van der Waals surface area contributed by atoms with E-state index >= 15 is 0 Å². The van der Waals surface area contributed by atoms with Gasteiger partial charge in [0.25, 0.3) is 0 Å². The first-order chi connectivity index (χ1) is 4.41. The summed E-state index contributed by atoms with van der Waals surface area (Å²) in [5.41, 5.74) is 0. The zero-order chi connectivity index (χ0) is 6.95. The summed E-state index contributed by atoms with van der Waals surface area (Å²) in [6.07, 6.45) is 8.19. The van der Waals surface area contributed by atoms with Gasteiger partial charge in [0.2, 0.25) is 0 Å². The molecule has 0 aromatic rings. The van der Waals surface area contributed by atoms with E-state index in [4.69, 9.17) is 0 Å². The summed E-state index contributed by atoms with van der Waals surface area (Å²) in [6, 6.07) is 0. The molecule has 0 aliphatic heterocycles. The molecule has 0 atom stereocenters. The van der Waals surface area contributed by atoms with Crippen LogP contribution in [0.2, 0.25) is 0 Å². The van der Waals surface area contributed by atoms with Gasteiger partial charge in [0.15, 0.2) is 0 Å². The molecular formula is C8H15N. The van der Waals surface area contributed by atoms with Crippen molar-refractivity contribution in [3.05, 3.63) is 12.2 Å². The average Bonchev–Trinajstić information content (AvgIpc) is 1.89. The molecule has 0 aliphatic rings. The number of hydrogen-bond donors (Lipinski definition) is 0. The summed E-state index contributed by atoms with van der Waals surface area (Å²) in [7, 11) is 0. The lowest BCUT2D eigenvalue weighted by molar-refractivity contribution is 0.937. The maximum Gasteiger partial charge on any atom is 0.0386 e. The van der Waals surface area contributed by atoms with Crippen LogP contribution < -0.4 is 0 Å². The van der Waals surface area contributed by atoms with Crippen molar-refractivity contribution in [2.45, 2.75) is 26.7 Å². The molecule has 9 heavy (non-hydrogen) atoms. The van der Waals surface area contributed by atoms with Crippen molar-refractivity contribution >= 4 is 6.21 Å². The van der Waals surface area contributed by atoms with Gasteiger partial charge in [0.05, 0.1) is 0 Å². The summed E-state index contributed by atoms with van der Waals surface area (Å²) in [5, 5.41) is 0. The highest BCUT2D eigenvalue weighted by atomic mass is 14.7. The molecule has 0 aromatic heterocycles. The molecular weight excluding hydrogens is 110 g/mol. The number of hydrogen-bond acceptors (Lipinski definition) is 1. The molecule has 52 valence electrons. The Kier molecular flexibility index (Phi) is 6.92. The molecule has 0 aromatic carbocycles. The Morgan fingerprint density at radius 1 is 1.33 bits per heavy atom. The Balaban J connectivity index is 3.13. The van der Waals surface area contributed by atoms with Gasteiger partial charge in [0.1, 0.15) is 0 Å². The van der Waals surface area contributed by atoms with Crippen molar-refractivity contribution in [3.63, 3.8) is 0 Å². The lowest BCUT2D eigenvalue weighted by Gasteiger charge is -1.80. The summed E-state index contributed by atoms with van der Waals surface area (Å²) in [5.74, 6) is 0. The van der Waals surface area contributed by atoms with E-state index in [0.29, 0.717) is 0 Å². The smallest absolute Gasteiger partial charge is 0.0386 e. The van der Waals surface area contributed by atoms with Gasteiger partial charge in [-0.25, -0.2) is 0 Å². The zero-order valence-corrected chi connectivity index (χ0v) is 6.30. The second-order valence-electron chi connectivity index (χ2n) is 1.89. The first kappa shape index (κ1) is 8.41. The molecule has 0 spiro atoms. The van der Waals surface area contributed by atoms with E-state index in [0.717, 1.165) is 19.4 Å². The summed E-state index contributed by atoms with van der Waals surface area (Å²) in [6.45, 7) is 5.19. The zero-order valence-electron chi connectivity index (χ0n) is 6.30. The van der Waals surface area contributed by atoms with Crippen LogP contribution >= 0.6 is 0 Å². The van der Waals surface area contributed by atoms with Crippen LogP contribution in [0.3, 0.4) is 0 Å². The van der Waals surface area contributed by atoms with Gasteiger partial charge in [-0.3, -0.25) is 4.99 Å². The van der Waals surface area contributed by atoms with E-state index in [-0.39, 0.29) is 0 Å². The third-order valence-electron chi connectivity index (χ3n) is 0.916. The van der Waals surface area contributed by atoms with Gasteiger partial charge in [-0.2, -0.15) is 0 Å². The maximum atomic E-state index is 4.12. The minimum atomic E-state index is 0.952. The van der Waals surface area contributed by atoms with E-state index in [1.165, 1.54) is 0 Å². The summed E-state index contributed by atoms with van der Waals surface area (Å²) < 4.78 is 0. The molecule has 0 saturated carbocycles. The Bertz CT molecular complexity index is 92.7. The van der Waals surface area contributed by atoms with Crippen LogP contribution in [0.15, 0.2) is 17.1 Å². The van der Waals surface area contributed by atoms with E-state index in [2.05, 4.69) is 24.9 Å². The highest BCUT2D eigenvalue weighted by molar-refractivity contribution is 5.70. The van der Waals surface area contributed by atoms with Crippen molar-refractivity contribution in [3.8, 4) is 0 Å². The van der Waals surface area contributed by atoms with E-state index in [1.807, 2.05) is 12.3 Å². The molecule has 0 bridgehead atoms. The Morgan fingerprint density at radius 3 is 2.67 bits per heavy atom. The molecule has 0 rings (SSSR count). The minimum Gasteiger partial charge on any atom is -0.293 e. The van der Waals surface area contributed by atoms with Crippen LogP contribution in [0.5, 0.6) is 0 Å². The second-order valence-corrected chi connectivity index (χ2v) is 1.89. The van der Waals surface area contributed by atoms with Crippen molar-refractivity contribution in [2.24, 2.45) is 4.99 Å². The van der Waals surface area contributed by atoms with E-state index in [1.54, 1.807) is 0 Å². The number of rotatable bonds is 4. The fourth-order valence-electron chi connectivity index (χ4n) is 0.461. The molecule has 0 unspecified atom stereocenters. The fraction of sp³-hybridized carbons (Fsp3) is 0.625. The normalized spacial score (nSPS) is 11.8. The molecule has 0 amide bonds. The molecule has 1 nitrogen and oxygen atoms in total. The summed E-state index contributed by atoms with van der Waals surface area (Å²) >= 11 is 0. The second kappa shape index (κ2) is 7.41.